The van der Waals surface area contributed by atoms with Crippen LogP contribution < -0.4 is 5.56 Å². The van der Waals surface area contributed by atoms with E-state index in [1.807, 2.05) is 57.5 Å². The molecule has 0 atom stereocenters. The fourth-order valence-electron chi connectivity index (χ4n) is 4.02. The molecule has 6 heteroatoms. The van der Waals surface area contributed by atoms with Crippen LogP contribution in [0.3, 0.4) is 0 Å². The minimum atomic E-state index is -0.0208. The van der Waals surface area contributed by atoms with Gasteiger partial charge in [0, 0.05) is 5.02 Å². The molecule has 0 amide bonds. The summed E-state index contributed by atoms with van der Waals surface area (Å²) in [6.07, 6.45) is 0. The summed E-state index contributed by atoms with van der Waals surface area (Å²) in [5, 5.41) is 1.31. The van der Waals surface area contributed by atoms with Gasteiger partial charge in [0.05, 0.1) is 22.3 Å². The lowest BCUT2D eigenvalue weighted by Gasteiger charge is -2.15. The Kier molecular flexibility index (Phi) is 5.05. The first-order chi connectivity index (χ1) is 14.9. The Hall–Kier alpha value is -2.73. The fourth-order valence-corrected chi connectivity index (χ4v) is 5.63. The number of aryl methyl sites for hydroxylation is 2. The van der Waals surface area contributed by atoms with Crippen molar-refractivity contribution < 1.29 is 0 Å². The molecule has 0 aliphatic carbocycles. The van der Waals surface area contributed by atoms with E-state index in [1.54, 1.807) is 0 Å². The molecule has 3 aromatic carbocycles. The van der Waals surface area contributed by atoms with Gasteiger partial charge >= 0.3 is 0 Å². The van der Waals surface area contributed by atoms with Crippen LogP contribution in [0.2, 0.25) is 5.02 Å². The third kappa shape index (κ3) is 3.43. The molecule has 0 aliphatic rings. The number of halogens is 1. The Morgan fingerprint density at radius 1 is 1.00 bits per heavy atom. The molecular formula is C25H19ClN2OS2. The largest absolute Gasteiger partial charge is 0.288 e. The summed E-state index contributed by atoms with van der Waals surface area (Å²) in [4.78, 5) is 14.6. The van der Waals surface area contributed by atoms with Crippen LogP contribution in [0, 0.1) is 17.8 Å². The first-order valence-corrected chi connectivity index (χ1v) is 11.5. The average Bonchev–Trinajstić information content (AvgIpc) is 3.11. The van der Waals surface area contributed by atoms with Crippen molar-refractivity contribution in [1.82, 2.24) is 8.97 Å². The van der Waals surface area contributed by atoms with Crippen molar-refractivity contribution in [3.8, 4) is 10.4 Å². The van der Waals surface area contributed by atoms with Gasteiger partial charge < -0.3 is 0 Å². The van der Waals surface area contributed by atoms with Crippen LogP contribution in [0.5, 0.6) is 0 Å². The van der Waals surface area contributed by atoms with Gasteiger partial charge in [0.1, 0.15) is 5.65 Å². The maximum absolute atomic E-state index is 13.7. The van der Waals surface area contributed by atoms with Gasteiger partial charge in [-0.2, -0.15) is 0 Å². The molecule has 0 spiro atoms. The first-order valence-electron chi connectivity index (χ1n) is 9.93. The van der Waals surface area contributed by atoms with Crippen molar-refractivity contribution in [2.45, 2.75) is 20.4 Å². The van der Waals surface area contributed by atoms with Crippen LogP contribution in [0.4, 0.5) is 0 Å². The Morgan fingerprint density at radius 3 is 2.61 bits per heavy atom. The summed E-state index contributed by atoms with van der Waals surface area (Å²) in [6, 6.07) is 21.7. The van der Waals surface area contributed by atoms with E-state index in [4.69, 9.17) is 23.8 Å². The number of para-hydroxylation sites is 1. The zero-order valence-electron chi connectivity index (χ0n) is 17.1. The molecule has 0 unspecified atom stereocenters. The molecule has 0 N–H and O–H groups in total. The molecule has 0 saturated heterocycles. The van der Waals surface area contributed by atoms with E-state index in [0.717, 1.165) is 32.7 Å². The normalized spacial score (nSPS) is 11.5. The van der Waals surface area contributed by atoms with Gasteiger partial charge in [-0.25, -0.2) is 0 Å². The standard InChI is InChI=1S/C25H19ClN2OS2/c1-15-10-11-16(2)18(12-15)14-27-23-22(17-6-5-7-19(26)13-17)31-25(30)28(23)21-9-4-3-8-20(21)24(27)29/h3-13H,14H2,1-2H3. The second-order valence-corrected chi connectivity index (χ2v) is 9.79. The van der Waals surface area contributed by atoms with Gasteiger partial charge in [-0.05, 0) is 67.0 Å². The van der Waals surface area contributed by atoms with Crippen molar-refractivity contribution in [3.05, 3.63) is 103 Å². The minimum Gasteiger partial charge on any atom is -0.288 e. The zero-order valence-corrected chi connectivity index (χ0v) is 19.4. The molecule has 0 radical (unpaired) electrons. The van der Waals surface area contributed by atoms with Gasteiger partial charge in [0.2, 0.25) is 0 Å². The smallest absolute Gasteiger partial charge is 0.261 e. The number of hydrogen-bond acceptors (Lipinski definition) is 3. The highest BCUT2D eigenvalue weighted by molar-refractivity contribution is 7.73. The highest BCUT2D eigenvalue weighted by Crippen LogP contribution is 2.34. The van der Waals surface area contributed by atoms with Gasteiger partial charge in [0.25, 0.3) is 5.56 Å². The van der Waals surface area contributed by atoms with Gasteiger partial charge in [0.15, 0.2) is 3.95 Å². The maximum atomic E-state index is 13.7. The topological polar surface area (TPSA) is 26.4 Å². The van der Waals surface area contributed by atoms with Crippen LogP contribution in [-0.4, -0.2) is 8.97 Å². The minimum absolute atomic E-state index is 0.0208. The number of fused-ring (bicyclic) bond motifs is 3. The molecule has 5 aromatic rings. The molecule has 0 saturated carbocycles. The van der Waals surface area contributed by atoms with E-state index >= 15 is 0 Å². The quantitative estimate of drug-likeness (QED) is 0.269. The highest BCUT2D eigenvalue weighted by atomic mass is 35.5. The van der Waals surface area contributed by atoms with Gasteiger partial charge in [-0.3, -0.25) is 13.8 Å². The number of rotatable bonds is 3. The summed E-state index contributed by atoms with van der Waals surface area (Å²) >= 11 is 13.6. The first kappa shape index (κ1) is 20.2. The van der Waals surface area contributed by atoms with Crippen LogP contribution in [-0.2, 0) is 6.54 Å². The van der Waals surface area contributed by atoms with Crippen molar-refractivity contribution in [1.29, 1.82) is 0 Å². The van der Waals surface area contributed by atoms with E-state index in [1.165, 1.54) is 16.9 Å². The Labute approximate surface area is 193 Å². The van der Waals surface area contributed by atoms with Crippen molar-refractivity contribution in [3.63, 3.8) is 0 Å². The molecule has 0 aliphatic heterocycles. The molecule has 3 nitrogen and oxygen atoms in total. The van der Waals surface area contributed by atoms with Crippen LogP contribution in [0.1, 0.15) is 16.7 Å². The van der Waals surface area contributed by atoms with Gasteiger partial charge in [-0.1, -0.05) is 59.6 Å². The highest BCUT2D eigenvalue weighted by Gasteiger charge is 2.19. The van der Waals surface area contributed by atoms with Crippen molar-refractivity contribution >= 4 is 51.7 Å². The fraction of sp³-hybridized carbons (Fsp3) is 0.120. The maximum Gasteiger partial charge on any atom is 0.261 e. The second kappa shape index (κ2) is 7.75. The summed E-state index contributed by atoms with van der Waals surface area (Å²) in [5.74, 6) is 0. The van der Waals surface area contributed by atoms with Crippen LogP contribution in [0.15, 0.2) is 71.5 Å². The lowest BCUT2D eigenvalue weighted by Crippen LogP contribution is -2.24. The summed E-state index contributed by atoms with van der Waals surface area (Å²) in [7, 11) is 0. The molecule has 2 heterocycles. The lowest BCUT2D eigenvalue weighted by molar-refractivity contribution is 0.775. The van der Waals surface area contributed by atoms with E-state index in [0.29, 0.717) is 20.9 Å². The third-order valence-electron chi connectivity index (χ3n) is 5.58. The summed E-state index contributed by atoms with van der Waals surface area (Å²) in [6.45, 7) is 4.62. The molecule has 154 valence electrons. The zero-order chi connectivity index (χ0) is 21.7. The number of benzene rings is 3. The summed E-state index contributed by atoms with van der Waals surface area (Å²) in [5.41, 5.74) is 6.01. The molecule has 0 fully saturated rings. The van der Waals surface area contributed by atoms with E-state index in [-0.39, 0.29) is 5.56 Å². The van der Waals surface area contributed by atoms with Crippen LogP contribution >= 0.6 is 35.2 Å². The molecule has 2 aromatic heterocycles. The number of aromatic nitrogens is 2. The van der Waals surface area contributed by atoms with Crippen LogP contribution in [0.25, 0.3) is 27.0 Å². The SMILES string of the molecule is Cc1ccc(C)c(Cn2c(=O)c3ccccc3n3c(=S)sc(-c4cccc(Cl)c4)c23)c1. The monoisotopic (exact) mass is 462 g/mol. The molecule has 5 rings (SSSR count). The Bertz CT molecular complexity index is 1590. The molecular weight excluding hydrogens is 444 g/mol. The summed E-state index contributed by atoms with van der Waals surface area (Å²) < 4.78 is 4.58. The Morgan fingerprint density at radius 2 is 1.81 bits per heavy atom. The Balaban J connectivity index is 1.92. The van der Waals surface area contributed by atoms with E-state index < -0.39 is 0 Å². The predicted octanol–water partition coefficient (Wildman–Crippen LogP) is 7.03. The van der Waals surface area contributed by atoms with E-state index in [9.17, 15) is 4.79 Å². The van der Waals surface area contributed by atoms with E-state index in [2.05, 4.69) is 32.0 Å². The second-order valence-electron chi connectivity index (χ2n) is 7.70. The predicted molar refractivity (Wildman–Crippen MR) is 133 cm³/mol. The third-order valence-corrected chi connectivity index (χ3v) is 7.23. The van der Waals surface area contributed by atoms with Gasteiger partial charge in [-0.15, -0.1) is 11.3 Å². The van der Waals surface area contributed by atoms with Crippen molar-refractivity contribution in [2.24, 2.45) is 0 Å². The lowest BCUT2D eigenvalue weighted by atomic mass is 10.1. The molecule has 31 heavy (non-hydrogen) atoms. The number of nitrogens with zero attached hydrogens (tertiary/aromatic N) is 2. The van der Waals surface area contributed by atoms with Crippen molar-refractivity contribution in [2.75, 3.05) is 0 Å². The molecule has 0 bridgehead atoms. The number of thiazole rings is 1. The average molecular weight is 463 g/mol. The number of hydrogen-bond donors (Lipinski definition) is 0.